The van der Waals surface area contributed by atoms with Crippen LogP contribution in [0.4, 0.5) is 0 Å². The topological polar surface area (TPSA) is 117 Å². The summed E-state index contributed by atoms with van der Waals surface area (Å²) in [6, 6.07) is 10.0. The Morgan fingerprint density at radius 1 is 1.04 bits per heavy atom. The van der Waals surface area contributed by atoms with E-state index < -0.39 is 28.1 Å². The number of hydrogen-bond donors (Lipinski definition) is 0. The van der Waals surface area contributed by atoms with Crippen molar-refractivity contribution < 1.29 is 37.2 Å². The summed E-state index contributed by atoms with van der Waals surface area (Å²) in [5.74, 6) is 0.523. The number of nitrogens with zero attached hydrogens (tertiary/aromatic N) is 2. The number of benzene rings is 2. The van der Waals surface area contributed by atoms with Gasteiger partial charge in [0.05, 0.1) is 18.6 Å². The van der Waals surface area contributed by atoms with E-state index in [1.54, 1.807) is 57.9 Å². The zero-order valence-electron chi connectivity index (χ0n) is 25.3. The molecule has 0 radical (unpaired) electrons. The minimum absolute atomic E-state index is 0.0712. The Hall–Kier alpha value is -3.38. The number of carbonyl (C=O) groups excluding carboxylic acids is 2. The maximum atomic E-state index is 13.9. The Morgan fingerprint density at radius 3 is 2.44 bits per heavy atom. The number of pyridine rings is 1. The lowest BCUT2D eigenvalue weighted by Crippen LogP contribution is -2.42. The summed E-state index contributed by atoms with van der Waals surface area (Å²) >= 11 is 13.0. The van der Waals surface area contributed by atoms with Gasteiger partial charge in [0.1, 0.15) is 22.2 Å². The summed E-state index contributed by atoms with van der Waals surface area (Å²) in [5.41, 5.74) is 1.40. The summed E-state index contributed by atoms with van der Waals surface area (Å²) < 4.78 is 46.4. The minimum atomic E-state index is -4.13. The maximum absolute atomic E-state index is 13.9. The Kier molecular flexibility index (Phi) is 10.2. The van der Waals surface area contributed by atoms with Gasteiger partial charge < -0.3 is 19.1 Å². The molecule has 3 aromatic rings. The van der Waals surface area contributed by atoms with Crippen molar-refractivity contribution in [2.24, 2.45) is 5.92 Å². The van der Waals surface area contributed by atoms with Crippen LogP contribution in [0.15, 0.2) is 59.8 Å². The van der Waals surface area contributed by atoms with Gasteiger partial charge in [-0.15, -0.1) is 0 Å². The lowest BCUT2D eigenvalue weighted by molar-refractivity contribution is -0.377. The van der Waals surface area contributed by atoms with E-state index in [0.29, 0.717) is 51.6 Å². The van der Waals surface area contributed by atoms with Gasteiger partial charge in [0, 0.05) is 38.2 Å². The number of halogens is 2. The molecule has 0 bridgehead atoms. The molecule has 2 atom stereocenters. The van der Waals surface area contributed by atoms with Gasteiger partial charge in [-0.25, -0.2) is 13.4 Å². The van der Waals surface area contributed by atoms with Crippen molar-refractivity contribution in [1.82, 2.24) is 9.21 Å². The number of ether oxygens (including phenoxy) is 3. The van der Waals surface area contributed by atoms with Crippen molar-refractivity contribution in [3.63, 3.8) is 0 Å². The molecule has 2 aromatic carbocycles. The molecule has 1 aliphatic carbocycles. The first kappa shape index (κ1) is 33.0. The fourth-order valence-electron chi connectivity index (χ4n) is 5.25. The Bertz CT molecular complexity index is 1660. The predicted octanol–water partition coefficient (Wildman–Crippen LogP) is 4.99. The average molecular weight is 678 g/mol. The van der Waals surface area contributed by atoms with E-state index in [4.69, 9.17) is 37.4 Å². The van der Waals surface area contributed by atoms with E-state index in [9.17, 15) is 18.0 Å². The second-order valence-electron chi connectivity index (χ2n) is 11.4. The van der Waals surface area contributed by atoms with Gasteiger partial charge >= 0.3 is 5.97 Å². The van der Waals surface area contributed by atoms with Crippen LogP contribution in [0.1, 0.15) is 53.3 Å². The molecule has 1 aromatic heterocycles. The molecule has 5 rings (SSSR count). The fraction of sp³-hybridized carbons (Fsp3) is 0.406. The second-order valence-corrected chi connectivity index (χ2v) is 14.1. The molecule has 1 amide bonds. The molecular weight excluding hydrogens is 641 g/mol. The highest BCUT2D eigenvalue weighted by molar-refractivity contribution is 7.89. The molecule has 2 fully saturated rings. The van der Waals surface area contributed by atoms with Gasteiger partial charge in [-0.1, -0.05) is 35.3 Å². The number of aromatic amines is 1. The van der Waals surface area contributed by atoms with Gasteiger partial charge in [-0.2, -0.15) is 4.31 Å². The first-order valence-electron chi connectivity index (χ1n) is 14.7. The Labute approximate surface area is 273 Å². The predicted molar refractivity (Wildman–Crippen MR) is 168 cm³/mol. The van der Waals surface area contributed by atoms with Crippen LogP contribution in [0.5, 0.6) is 11.5 Å². The molecule has 240 valence electrons. The van der Waals surface area contributed by atoms with Crippen LogP contribution < -0.4 is 14.5 Å². The van der Waals surface area contributed by atoms with E-state index in [2.05, 4.69) is 4.98 Å². The van der Waals surface area contributed by atoms with Crippen LogP contribution in [-0.4, -0.2) is 69.9 Å². The lowest BCUT2D eigenvalue weighted by Gasteiger charge is -2.26. The van der Waals surface area contributed by atoms with E-state index in [-0.39, 0.29) is 35.8 Å². The quantitative estimate of drug-likeness (QED) is 0.248. The number of aromatic nitrogens is 1. The van der Waals surface area contributed by atoms with Gasteiger partial charge in [0.2, 0.25) is 10.0 Å². The molecule has 1 N–H and O–H groups in total. The molecule has 13 heteroatoms. The van der Waals surface area contributed by atoms with Crippen molar-refractivity contribution in [1.29, 1.82) is 0 Å². The van der Waals surface area contributed by atoms with Crippen LogP contribution >= 0.6 is 23.2 Å². The SMILES string of the molecule is COc1ccc([C@H](Cc2c(Cl)c[nH+]cc2Cl)OC(=O)[C@@H]2CCCN2S(=O)(=O)c2cccc(C(=O)N(C)C)c2)cc1OCC1CC1. The van der Waals surface area contributed by atoms with Crippen LogP contribution in [0.2, 0.25) is 10.0 Å². The first-order chi connectivity index (χ1) is 21.5. The monoisotopic (exact) mass is 676 g/mol. The lowest BCUT2D eigenvalue weighted by atomic mass is 10.0. The largest absolute Gasteiger partial charge is 0.493 e. The molecule has 2 aliphatic rings. The molecule has 1 aliphatic heterocycles. The summed E-state index contributed by atoms with van der Waals surface area (Å²) in [6.07, 6.45) is 5.38. The summed E-state index contributed by atoms with van der Waals surface area (Å²) in [7, 11) is 0.597. The van der Waals surface area contributed by atoms with E-state index in [1.807, 2.05) is 0 Å². The number of hydrogen-bond acceptors (Lipinski definition) is 7. The van der Waals surface area contributed by atoms with Crippen molar-refractivity contribution in [2.75, 3.05) is 34.4 Å². The Balaban J connectivity index is 1.44. The molecule has 2 heterocycles. The van der Waals surface area contributed by atoms with Gasteiger partial charge in [0.25, 0.3) is 5.91 Å². The van der Waals surface area contributed by atoms with Crippen LogP contribution in [0.25, 0.3) is 0 Å². The highest BCUT2D eigenvalue weighted by Gasteiger charge is 2.41. The molecule has 1 saturated carbocycles. The van der Waals surface area contributed by atoms with E-state index in [0.717, 1.165) is 17.1 Å². The molecule has 45 heavy (non-hydrogen) atoms. The molecule has 1 saturated heterocycles. The van der Waals surface area contributed by atoms with Crippen LogP contribution in [-0.2, 0) is 26.0 Å². The fourth-order valence-corrected chi connectivity index (χ4v) is 7.47. The number of carbonyl (C=O) groups is 2. The third kappa shape index (κ3) is 7.54. The third-order valence-electron chi connectivity index (χ3n) is 7.95. The van der Waals surface area contributed by atoms with Crippen molar-refractivity contribution in [3.8, 4) is 11.5 Å². The number of methoxy groups -OCH3 is 1. The molecule has 10 nitrogen and oxygen atoms in total. The number of nitrogens with one attached hydrogen (secondary N) is 1. The molecular formula is C32H36Cl2N3O7S+. The molecule has 0 spiro atoms. The van der Waals surface area contributed by atoms with Crippen molar-refractivity contribution in [2.45, 2.75) is 49.1 Å². The van der Waals surface area contributed by atoms with Gasteiger partial charge in [-0.05, 0) is 67.5 Å². The molecule has 0 unspecified atom stereocenters. The summed E-state index contributed by atoms with van der Waals surface area (Å²) in [4.78, 5) is 30.5. The van der Waals surface area contributed by atoms with Gasteiger partial charge in [-0.3, -0.25) is 9.59 Å². The zero-order chi connectivity index (χ0) is 32.3. The number of rotatable bonds is 12. The highest BCUT2D eigenvalue weighted by Crippen LogP contribution is 2.38. The smallest absolute Gasteiger partial charge is 0.325 e. The van der Waals surface area contributed by atoms with Crippen LogP contribution in [0.3, 0.4) is 0 Å². The van der Waals surface area contributed by atoms with E-state index in [1.165, 1.54) is 23.1 Å². The average Bonchev–Trinajstić information content (AvgIpc) is 3.72. The highest BCUT2D eigenvalue weighted by atomic mass is 35.5. The normalized spacial score (nSPS) is 17.5. The minimum Gasteiger partial charge on any atom is -0.493 e. The first-order valence-corrected chi connectivity index (χ1v) is 16.9. The van der Waals surface area contributed by atoms with Crippen molar-refractivity contribution >= 4 is 45.1 Å². The Morgan fingerprint density at radius 2 is 1.78 bits per heavy atom. The zero-order valence-corrected chi connectivity index (χ0v) is 27.6. The van der Waals surface area contributed by atoms with E-state index >= 15 is 0 Å². The summed E-state index contributed by atoms with van der Waals surface area (Å²) in [5, 5.41) is 0.721. The number of H-pyrrole nitrogens is 1. The standard InChI is InChI=1S/C32H35Cl2N3O7S/c1-36(2)31(38)22-6-4-7-23(14-22)45(40,41)37-13-5-8-27(37)32(39)44-29(16-24-25(33)17-35-18-26(24)34)21-11-12-28(42-3)30(15-21)43-19-20-9-10-20/h4,6-7,11-12,14-15,17-18,20,27,29H,5,8-10,13,16,19H2,1-3H3/p+1/t27-,29-/m0/s1. The second kappa shape index (κ2) is 13.9. The number of esters is 1. The number of amides is 1. The maximum Gasteiger partial charge on any atom is 0.325 e. The number of sulfonamides is 1. The van der Waals surface area contributed by atoms with Crippen LogP contribution in [0, 0.1) is 5.92 Å². The van der Waals surface area contributed by atoms with Crippen molar-refractivity contribution in [3.05, 3.63) is 81.6 Å². The summed E-state index contributed by atoms with van der Waals surface area (Å²) in [6.45, 7) is 0.680. The third-order valence-corrected chi connectivity index (χ3v) is 10.5. The van der Waals surface area contributed by atoms with Gasteiger partial charge in [0.15, 0.2) is 23.9 Å².